The molecule has 0 amide bonds. The van der Waals surface area contributed by atoms with Crippen LogP contribution in [0.4, 0.5) is 0 Å². The van der Waals surface area contributed by atoms with Gasteiger partial charge in [0.1, 0.15) is 0 Å². The molecule has 0 N–H and O–H groups in total. The van der Waals surface area contributed by atoms with Crippen LogP contribution in [-0.4, -0.2) is 171 Å². The van der Waals surface area contributed by atoms with Crippen LogP contribution in [0.2, 0.25) is 0 Å². The second kappa shape index (κ2) is 46.5. The predicted molar refractivity (Wildman–Crippen MR) is 194 cm³/mol. The van der Waals surface area contributed by atoms with E-state index in [-0.39, 0.29) is 6.10 Å². The molecule has 13 heteroatoms. The predicted octanol–water partition coefficient (Wildman–Crippen LogP) is 4.75. The Balaban J connectivity index is 3.05. The maximum atomic E-state index is 5.63. The minimum absolute atomic E-state index is 0.232. The first-order valence-electron chi connectivity index (χ1n) is 19.3. The smallest absolute Gasteiger partial charge is 0.0703 e. The molecule has 0 aromatic carbocycles. The summed E-state index contributed by atoms with van der Waals surface area (Å²) in [4.78, 5) is 0. The van der Waals surface area contributed by atoms with Crippen LogP contribution in [0.15, 0.2) is 0 Å². The Morgan fingerprint density at radius 3 is 0.680 bits per heavy atom. The van der Waals surface area contributed by atoms with Crippen LogP contribution in [-0.2, 0) is 61.6 Å². The molecular formula is C37H76O13. The van der Waals surface area contributed by atoms with E-state index in [0.29, 0.717) is 159 Å². The number of unbranched alkanes of at least 4 members (excludes halogenated alkanes) is 7. The van der Waals surface area contributed by atoms with Gasteiger partial charge in [-0.2, -0.15) is 0 Å². The molecule has 50 heavy (non-hydrogen) atoms. The lowest BCUT2D eigenvalue weighted by Crippen LogP contribution is -2.15. The van der Waals surface area contributed by atoms with Gasteiger partial charge < -0.3 is 61.6 Å². The van der Waals surface area contributed by atoms with E-state index in [4.69, 9.17) is 61.6 Å². The van der Waals surface area contributed by atoms with Gasteiger partial charge in [0.25, 0.3) is 0 Å². The van der Waals surface area contributed by atoms with Crippen LogP contribution in [0, 0.1) is 0 Å². The van der Waals surface area contributed by atoms with Crippen LogP contribution in [0.25, 0.3) is 0 Å². The normalized spacial score (nSPS) is 11.8. The van der Waals surface area contributed by atoms with Gasteiger partial charge in [-0.1, -0.05) is 51.9 Å². The van der Waals surface area contributed by atoms with Crippen molar-refractivity contribution in [1.82, 2.24) is 0 Å². The highest BCUT2D eigenvalue weighted by atomic mass is 16.6. The Hall–Kier alpha value is -0.520. The molecule has 0 saturated heterocycles. The number of ether oxygens (including phenoxy) is 13. The molecule has 13 nitrogen and oxygen atoms in total. The van der Waals surface area contributed by atoms with Gasteiger partial charge in [0.2, 0.25) is 0 Å². The molecule has 0 heterocycles. The largest absolute Gasteiger partial charge is 0.379 e. The van der Waals surface area contributed by atoms with Gasteiger partial charge in [0, 0.05) is 6.61 Å². The van der Waals surface area contributed by atoms with Gasteiger partial charge in [-0.05, 0) is 20.3 Å². The SMILES string of the molecule is CCCCCCCCCCOCCOCCOCCOCCOCCOCCOCCOCCOCCOCCOCCOCCOC(C)C. The van der Waals surface area contributed by atoms with Crippen molar-refractivity contribution in [3.63, 3.8) is 0 Å². The Morgan fingerprint density at radius 1 is 0.240 bits per heavy atom. The number of hydrogen-bond donors (Lipinski definition) is 0. The maximum Gasteiger partial charge on any atom is 0.0703 e. The van der Waals surface area contributed by atoms with Crippen LogP contribution in [0.3, 0.4) is 0 Å². The maximum absolute atomic E-state index is 5.63. The van der Waals surface area contributed by atoms with E-state index >= 15 is 0 Å². The summed E-state index contributed by atoms with van der Waals surface area (Å²) in [5.74, 6) is 0. The van der Waals surface area contributed by atoms with Crippen molar-refractivity contribution in [1.29, 1.82) is 0 Å². The second-order valence-corrected chi connectivity index (χ2v) is 11.7. The molecule has 0 aromatic heterocycles. The van der Waals surface area contributed by atoms with Crippen LogP contribution < -0.4 is 0 Å². The lowest BCUT2D eigenvalue weighted by Gasteiger charge is -2.09. The van der Waals surface area contributed by atoms with Crippen molar-refractivity contribution in [2.45, 2.75) is 78.2 Å². The van der Waals surface area contributed by atoms with Crippen molar-refractivity contribution in [3.05, 3.63) is 0 Å². The van der Waals surface area contributed by atoms with E-state index in [1.54, 1.807) is 0 Å². The van der Waals surface area contributed by atoms with Crippen molar-refractivity contribution in [2.24, 2.45) is 0 Å². The van der Waals surface area contributed by atoms with Crippen molar-refractivity contribution in [3.8, 4) is 0 Å². The molecular weight excluding hydrogens is 652 g/mol. The summed E-state index contributed by atoms with van der Waals surface area (Å²) in [5, 5.41) is 0. The topological polar surface area (TPSA) is 120 Å². The molecule has 302 valence electrons. The summed E-state index contributed by atoms with van der Waals surface area (Å²) in [6.07, 6.45) is 10.8. The average molecular weight is 729 g/mol. The van der Waals surface area contributed by atoms with E-state index in [1.807, 2.05) is 13.8 Å². The van der Waals surface area contributed by atoms with E-state index in [0.717, 1.165) is 13.0 Å². The van der Waals surface area contributed by atoms with E-state index in [9.17, 15) is 0 Å². The molecule has 0 rings (SSSR count). The van der Waals surface area contributed by atoms with Crippen LogP contribution >= 0.6 is 0 Å². The Kier molecular flexibility index (Phi) is 46.0. The first kappa shape index (κ1) is 49.5. The molecule has 0 aliphatic heterocycles. The highest BCUT2D eigenvalue weighted by Gasteiger charge is 1.98. The van der Waals surface area contributed by atoms with Gasteiger partial charge in [-0.25, -0.2) is 0 Å². The summed E-state index contributed by atoms with van der Waals surface area (Å²) in [6.45, 7) is 20.2. The molecule has 0 aliphatic rings. The van der Waals surface area contributed by atoms with E-state index in [1.165, 1.54) is 44.9 Å². The minimum Gasteiger partial charge on any atom is -0.379 e. The standard InChI is InChI=1S/C37H76O13/c1-4-5-6-7-8-9-10-11-12-38-13-14-39-15-16-40-17-18-41-19-20-42-21-22-43-23-24-44-25-26-45-27-28-46-29-30-47-31-32-48-33-34-49-35-36-50-37(2)3/h37H,4-36H2,1-3H3. The molecule has 0 aliphatic carbocycles. The molecule has 0 spiro atoms. The van der Waals surface area contributed by atoms with Gasteiger partial charge >= 0.3 is 0 Å². The summed E-state index contributed by atoms with van der Waals surface area (Å²) in [6, 6.07) is 0. The van der Waals surface area contributed by atoms with Crippen LogP contribution in [0.5, 0.6) is 0 Å². The summed E-state index contributed by atoms with van der Waals surface area (Å²) in [7, 11) is 0. The fourth-order valence-electron chi connectivity index (χ4n) is 4.20. The quantitative estimate of drug-likeness (QED) is 0.0803. The zero-order chi connectivity index (χ0) is 36.1. The molecule has 0 aromatic rings. The molecule has 0 unspecified atom stereocenters. The summed E-state index contributed by atoms with van der Waals surface area (Å²) >= 11 is 0. The van der Waals surface area contributed by atoms with Gasteiger partial charge in [-0.15, -0.1) is 0 Å². The van der Waals surface area contributed by atoms with Crippen LogP contribution in [0.1, 0.15) is 72.1 Å². The molecule has 0 bridgehead atoms. The third-order valence-electron chi connectivity index (χ3n) is 6.91. The monoisotopic (exact) mass is 729 g/mol. The van der Waals surface area contributed by atoms with E-state index < -0.39 is 0 Å². The highest BCUT2D eigenvalue weighted by Crippen LogP contribution is 2.08. The zero-order valence-corrected chi connectivity index (χ0v) is 32.2. The lowest BCUT2D eigenvalue weighted by molar-refractivity contribution is -0.0298. The highest BCUT2D eigenvalue weighted by molar-refractivity contribution is 4.46. The van der Waals surface area contributed by atoms with Gasteiger partial charge in [0.15, 0.2) is 0 Å². The molecule has 0 fully saturated rings. The van der Waals surface area contributed by atoms with Gasteiger partial charge in [-0.3, -0.25) is 0 Å². The Morgan fingerprint density at radius 2 is 0.440 bits per heavy atom. The van der Waals surface area contributed by atoms with Gasteiger partial charge in [0.05, 0.1) is 165 Å². The average Bonchev–Trinajstić information content (AvgIpc) is 3.11. The summed E-state index contributed by atoms with van der Waals surface area (Å²) in [5.41, 5.74) is 0. The fourth-order valence-corrected chi connectivity index (χ4v) is 4.20. The zero-order valence-electron chi connectivity index (χ0n) is 32.2. The minimum atomic E-state index is 0.232. The molecule has 0 saturated carbocycles. The first-order chi connectivity index (χ1) is 24.8. The van der Waals surface area contributed by atoms with Crippen molar-refractivity contribution < 1.29 is 61.6 Å². The number of rotatable bonds is 46. The Bertz CT molecular complexity index is 590. The lowest BCUT2D eigenvalue weighted by atomic mass is 10.1. The molecule has 0 atom stereocenters. The third kappa shape index (κ3) is 47.5. The number of hydrogen-bond acceptors (Lipinski definition) is 13. The van der Waals surface area contributed by atoms with Crippen molar-refractivity contribution >= 4 is 0 Å². The molecule has 0 radical (unpaired) electrons. The Labute approximate surface area is 304 Å². The third-order valence-corrected chi connectivity index (χ3v) is 6.91. The van der Waals surface area contributed by atoms with Crippen molar-refractivity contribution in [2.75, 3.05) is 165 Å². The first-order valence-corrected chi connectivity index (χ1v) is 19.3. The van der Waals surface area contributed by atoms with E-state index in [2.05, 4.69) is 6.92 Å². The summed E-state index contributed by atoms with van der Waals surface area (Å²) < 4.78 is 71.4. The second-order valence-electron chi connectivity index (χ2n) is 11.7. The fraction of sp³-hybridized carbons (Fsp3) is 1.00.